The molecule has 0 amide bonds. The number of nitrogens with one attached hydrogen (secondary N) is 1. The Morgan fingerprint density at radius 2 is 1.89 bits per heavy atom. The van der Waals surface area contributed by atoms with E-state index in [2.05, 4.69) is 5.32 Å². The van der Waals surface area contributed by atoms with Gasteiger partial charge in [0.1, 0.15) is 5.69 Å². The van der Waals surface area contributed by atoms with Crippen LogP contribution in [0.25, 0.3) is 0 Å². The number of carbonyl (C=O) groups excluding carboxylic acids is 1. The quantitative estimate of drug-likeness (QED) is 0.592. The molecule has 0 saturated heterocycles. The molecular formula is C21H23F2N3O. The van der Waals surface area contributed by atoms with Gasteiger partial charge in [-0.2, -0.15) is 0 Å². The van der Waals surface area contributed by atoms with Gasteiger partial charge < -0.3 is 16.0 Å². The van der Waals surface area contributed by atoms with Crippen molar-refractivity contribution >= 4 is 22.8 Å². The standard InChI is InChI=1S/C21H23F2N3O/c22-17-19(24)16-15(27)10-12-26(14-8-9-14)21(16)18(23)20(17)25-11-4-7-13-5-2-1-3-6-13/h1-3,5-6,14,25H,4,7-12,24H2. The van der Waals surface area contributed by atoms with Crippen LogP contribution in [-0.2, 0) is 6.42 Å². The van der Waals surface area contributed by atoms with E-state index < -0.39 is 11.6 Å². The Labute approximate surface area is 157 Å². The summed E-state index contributed by atoms with van der Waals surface area (Å²) in [5.74, 6) is -1.85. The van der Waals surface area contributed by atoms with E-state index in [-0.39, 0.29) is 40.9 Å². The van der Waals surface area contributed by atoms with Crippen molar-refractivity contribution in [2.24, 2.45) is 0 Å². The Bertz CT molecular complexity index is 866. The third-order valence-electron chi connectivity index (χ3n) is 5.31. The summed E-state index contributed by atoms with van der Waals surface area (Å²) in [7, 11) is 0. The van der Waals surface area contributed by atoms with Crippen LogP contribution in [0.2, 0.25) is 0 Å². The van der Waals surface area contributed by atoms with Gasteiger partial charge in [0.25, 0.3) is 0 Å². The van der Waals surface area contributed by atoms with Crippen molar-refractivity contribution in [1.82, 2.24) is 0 Å². The zero-order valence-corrected chi connectivity index (χ0v) is 15.1. The number of nitrogen functional groups attached to an aromatic ring is 1. The van der Waals surface area contributed by atoms with Crippen molar-refractivity contribution in [3.63, 3.8) is 0 Å². The van der Waals surface area contributed by atoms with Crippen LogP contribution in [0.5, 0.6) is 0 Å². The van der Waals surface area contributed by atoms with Gasteiger partial charge in [0.15, 0.2) is 17.4 Å². The lowest BCUT2D eigenvalue weighted by molar-refractivity contribution is 0.0979. The first-order valence-corrected chi connectivity index (χ1v) is 9.46. The second-order valence-electron chi connectivity index (χ2n) is 7.25. The molecule has 1 heterocycles. The predicted molar refractivity (Wildman–Crippen MR) is 103 cm³/mol. The minimum atomic E-state index is -0.864. The normalized spacial score (nSPS) is 16.4. The number of anilines is 3. The summed E-state index contributed by atoms with van der Waals surface area (Å²) >= 11 is 0. The minimum absolute atomic E-state index is 0.0120. The Hall–Kier alpha value is -2.63. The second kappa shape index (κ2) is 7.18. The van der Waals surface area contributed by atoms with Crippen molar-refractivity contribution in [3.05, 3.63) is 53.1 Å². The summed E-state index contributed by atoms with van der Waals surface area (Å²) in [4.78, 5) is 14.2. The van der Waals surface area contributed by atoms with Crippen molar-refractivity contribution in [3.8, 4) is 0 Å². The summed E-state index contributed by atoms with van der Waals surface area (Å²) in [6, 6.07) is 10.2. The van der Waals surface area contributed by atoms with Crippen molar-refractivity contribution in [1.29, 1.82) is 0 Å². The van der Waals surface area contributed by atoms with E-state index in [0.717, 1.165) is 25.7 Å². The van der Waals surface area contributed by atoms with E-state index in [0.29, 0.717) is 13.1 Å². The molecule has 0 bridgehead atoms. The van der Waals surface area contributed by atoms with E-state index in [1.54, 1.807) is 0 Å². The van der Waals surface area contributed by atoms with Gasteiger partial charge in [-0.05, 0) is 31.2 Å². The van der Waals surface area contributed by atoms with Crippen LogP contribution in [0, 0.1) is 11.6 Å². The van der Waals surface area contributed by atoms with E-state index in [1.807, 2.05) is 35.2 Å². The molecule has 2 aliphatic rings. The largest absolute Gasteiger partial charge is 0.396 e. The fourth-order valence-corrected chi connectivity index (χ4v) is 3.76. The zero-order valence-electron chi connectivity index (χ0n) is 15.1. The third kappa shape index (κ3) is 3.36. The average Bonchev–Trinajstić information content (AvgIpc) is 3.51. The molecule has 142 valence electrons. The summed E-state index contributed by atoms with van der Waals surface area (Å²) < 4.78 is 29.9. The Morgan fingerprint density at radius 3 is 2.59 bits per heavy atom. The topological polar surface area (TPSA) is 58.4 Å². The highest BCUT2D eigenvalue weighted by molar-refractivity contribution is 6.09. The number of benzene rings is 2. The highest BCUT2D eigenvalue weighted by atomic mass is 19.1. The number of rotatable bonds is 6. The zero-order chi connectivity index (χ0) is 19.0. The van der Waals surface area contributed by atoms with Crippen LogP contribution >= 0.6 is 0 Å². The number of aryl methyl sites for hydroxylation is 1. The summed E-state index contributed by atoms with van der Waals surface area (Å²) in [6.45, 7) is 0.879. The maximum Gasteiger partial charge on any atom is 0.173 e. The molecule has 0 radical (unpaired) electrons. The van der Waals surface area contributed by atoms with E-state index in [4.69, 9.17) is 5.73 Å². The summed E-state index contributed by atoms with van der Waals surface area (Å²) in [5, 5.41) is 2.87. The molecule has 0 aromatic heterocycles. The lowest BCUT2D eigenvalue weighted by Crippen LogP contribution is -2.36. The van der Waals surface area contributed by atoms with Crippen LogP contribution in [-0.4, -0.2) is 24.9 Å². The molecule has 1 aliphatic carbocycles. The molecule has 2 aromatic rings. The number of nitrogens with two attached hydrogens (primary N) is 1. The summed E-state index contributed by atoms with van der Waals surface area (Å²) in [6.07, 6.45) is 3.71. The number of hydrogen-bond donors (Lipinski definition) is 2. The predicted octanol–water partition coefficient (Wildman–Crippen LogP) is 4.15. The average molecular weight is 371 g/mol. The lowest BCUT2D eigenvalue weighted by Gasteiger charge is -2.32. The van der Waals surface area contributed by atoms with E-state index >= 15 is 4.39 Å². The molecule has 1 fully saturated rings. The number of halogens is 2. The highest BCUT2D eigenvalue weighted by Crippen LogP contribution is 2.44. The molecule has 3 N–H and O–H groups in total. The van der Waals surface area contributed by atoms with Gasteiger partial charge in [-0.1, -0.05) is 30.3 Å². The first kappa shape index (κ1) is 17.8. The maximum atomic E-state index is 15.2. The molecule has 4 rings (SSSR count). The molecule has 1 saturated carbocycles. The molecular weight excluding hydrogens is 348 g/mol. The molecule has 0 spiro atoms. The van der Waals surface area contributed by atoms with Gasteiger partial charge >= 0.3 is 0 Å². The molecule has 1 aliphatic heterocycles. The molecule has 2 aromatic carbocycles. The fraction of sp³-hybridized carbons (Fsp3) is 0.381. The number of nitrogens with zero attached hydrogens (tertiary/aromatic N) is 1. The molecule has 27 heavy (non-hydrogen) atoms. The van der Waals surface area contributed by atoms with Crippen LogP contribution < -0.4 is 16.0 Å². The monoisotopic (exact) mass is 371 g/mol. The van der Waals surface area contributed by atoms with Gasteiger partial charge in [0.05, 0.1) is 16.9 Å². The Balaban J connectivity index is 1.57. The smallest absolute Gasteiger partial charge is 0.173 e. The van der Waals surface area contributed by atoms with Gasteiger partial charge in [-0.25, -0.2) is 8.78 Å². The van der Waals surface area contributed by atoms with Crippen LogP contribution in [0.15, 0.2) is 30.3 Å². The molecule has 4 nitrogen and oxygen atoms in total. The number of Topliss-reactive ketones (excluding diaryl/α,β-unsaturated/α-hetero) is 1. The van der Waals surface area contributed by atoms with Gasteiger partial charge in [-0.3, -0.25) is 4.79 Å². The molecule has 0 unspecified atom stereocenters. The Kier molecular flexibility index (Phi) is 4.72. The van der Waals surface area contributed by atoms with Gasteiger partial charge in [-0.15, -0.1) is 0 Å². The van der Waals surface area contributed by atoms with Crippen molar-refractivity contribution in [2.75, 3.05) is 29.0 Å². The second-order valence-corrected chi connectivity index (χ2v) is 7.25. The first-order chi connectivity index (χ1) is 13.1. The highest BCUT2D eigenvalue weighted by Gasteiger charge is 2.39. The lowest BCUT2D eigenvalue weighted by atomic mass is 9.96. The number of ketones is 1. The van der Waals surface area contributed by atoms with Gasteiger partial charge in [0.2, 0.25) is 0 Å². The summed E-state index contributed by atoms with van der Waals surface area (Å²) in [5.41, 5.74) is 6.81. The third-order valence-corrected chi connectivity index (χ3v) is 5.31. The molecule has 0 atom stereocenters. The van der Waals surface area contributed by atoms with Gasteiger partial charge in [0, 0.05) is 25.6 Å². The van der Waals surface area contributed by atoms with Crippen molar-refractivity contribution < 1.29 is 13.6 Å². The fourth-order valence-electron chi connectivity index (χ4n) is 3.76. The number of carbonyl (C=O) groups is 1. The number of fused-ring (bicyclic) bond motifs is 1. The maximum absolute atomic E-state index is 15.2. The van der Waals surface area contributed by atoms with Crippen molar-refractivity contribution in [2.45, 2.75) is 38.1 Å². The number of hydrogen-bond acceptors (Lipinski definition) is 4. The van der Waals surface area contributed by atoms with Crippen LogP contribution in [0.4, 0.5) is 25.8 Å². The van der Waals surface area contributed by atoms with E-state index in [9.17, 15) is 9.18 Å². The minimum Gasteiger partial charge on any atom is -0.396 e. The first-order valence-electron chi connectivity index (χ1n) is 9.46. The SMILES string of the molecule is Nc1c(F)c(NCCCc2ccccc2)c(F)c2c1C(=O)CCN2C1CC1. The molecule has 6 heteroatoms. The Morgan fingerprint density at radius 1 is 1.15 bits per heavy atom. The van der Waals surface area contributed by atoms with E-state index in [1.165, 1.54) is 5.56 Å². The van der Waals surface area contributed by atoms with Crippen LogP contribution in [0.1, 0.15) is 41.6 Å². The van der Waals surface area contributed by atoms with Crippen LogP contribution in [0.3, 0.4) is 0 Å².